The van der Waals surface area contributed by atoms with Crippen LogP contribution in [0.4, 0.5) is 13.2 Å². The van der Waals surface area contributed by atoms with Gasteiger partial charge in [0.25, 0.3) is 5.91 Å². The average Bonchev–Trinajstić information content (AvgIpc) is 2.60. The van der Waals surface area contributed by atoms with Gasteiger partial charge < -0.3 is 15.5 Å². The maximum absolute atomic E-state index is 12.7. The van der Waals surface area contributed by atoms with Gasteiger partial charge in [-0.15, -0.1) is 0 Å². The van der Waals surface area contributed by atoms with Crippen molar-refractivity contribution in [3.63, 3.8) is 0 Å². The Bertz CT molecular complexity index is 899. The number of benzene rings is 2. The number of phenolic OH excluding ortho intramolecular Hbond substituents is 2. The average molecular weight is 362 g/mol. The topological polar surface area (TPSA) is 93.3 Å². The Morgan fingerprint density at radius 2 is 1.88 bits per heavy atom. The third kappa shape index (κ3) is 4.77. The van der Waals surface area contributed by atoms with Crippen LogP contribution in [0.25, 0.3) is 6.08 Å². The number of aromatic hydroxyl groups is 2. The molecule has 0 saturated carbocycles. The van der Waals surface area contributed by atoms with E-state index in [1.165, 1.54) is 30.3 Å². The number of alkyl halides is 3. The summed E-state index contributed by atoms with van der Waals surface area (Å²) in [5.41, 5.74) is -0.610. The highest BCUT2D eigenvalue weighted by atomic mass is 19.4. The third-order valence-corrected chi connectivity index (χ3v) is 3.38. The number of nitriles is 1. The molecule has 0 fully saturated rings. The number of nitrogens with one attached hydrogen (secondary N) is 1. The highest BCUT2D eigenvalue weighted by Crippen LogP contribution is 2.29. The highest BCUT2D eigenvalue weighted by molar-refractivity contribution is 6.01. The van der Waals surface area contributed by atoms with E-state index in [0.29, 0.717) is 5.56 Å². The number of hydrogen-bond donors (Lipinski definition) is 3. The van der Waals surface area contributed by atoms with E-state index in [4.69, 9.17) is 5.26 Å². The fraction of sp³-hybridized carbons (Fsp3) is 0.111. The lowest BCUT2D eigenvalue weighted by molar-refractivity contribution is -0.137. The molecule has 1 amide bonds. The molecule has 0 aliphatic rings. The van der Waals surface area contributed by atoms with Crippen LogP contribution in [-0.4, -0.2) is 16.1 Å². The van der Waals surface area contributed by atoms with Crippen LogP contribution in [0.5, 0.6) is 11.5 Å². The van der Waals surface area contributed by atoms with Gasteiger partial charge in [-0.05, 0) is 41.5 Å². The van der Waals surface area contributed by atoms with Crippen LogP contribution in [0.1, 0.15) is 16.7 Å². The van der Waals surface area contributed by atoms with Crippen molar-refractivity contribution in [2.45, 2.75) is 12.7 Å². The Hall–Kier alpha value is -3.47. The normalized spacial score (nSPS) is 11.7. The molecule has 2 aromatic carbocycles. The molecule has 0 aliphatic carbocycles. The standard InChI is InChI=1S/C18H13F3N2O3/c19-18(20,21)14-3-1-2-12(7-14)10-23-17(26)13(9-22)6-11-4-5-15(24)16(25)8-11/h1-8,24-25H,10H2,(H,23,26)/b13-6+. The van der Waals surface area contributed by atoms with Crippen LogP contribution < -0.4 is 5.32 Å². The van der Waals surface area contributed by atoms with Crippen LogP contribution in [0.3, 0.4) is 0 Å². The lowest BCUT2D eigenvalue weighted by atomic mass is 10.1. The smallest absolute Gasteiger partial charge is 0.416 e. The van der Waals surface area contributed by atoms with Crippen LogP contribution in [0, 0.1) is 11.3 Å². The number of carbonyl (C=O) groups is 1. The van der Waals surface area contributed by atoms with Crippen LogP contribution in [-0.2, 0) is 17.5 Å². The Kier molecular flexibility index (Phi) is 5.52. The molecule has 134 valence electrons. The van der Waals surface area contributed by atoms with Crippen molar-refractivity contribution in [1.29, 1.82) is 5.26 Å². The molecule has 0 radical (unpaired) electrons. The van der Waals surface area contributed by atoms with Gasteiger partial charge in [0.15, 0.2) is 11.5 Å². The minimum Gasteiger partial charge on any atom is -0.504 e. The molecular weight excluding hydrogens is 349 g/mol. The zero-order chi connectivity index (χ0) is 19.3. The Morgan fingerprint density at radius 1 is 1.15 bits per heavy atom. The van der Waals surface area contributed by atoms with E-state index in [9.17, 15) is 28.2 Å². The molecule has 0 heterocycles. The third-order valence-electron chi connectivity index (χ3n) is 3.38. The van der Waals surface area contributed by atoms with Crippen molar-refractivity contribution in [3.8, 4) is 17.6 Å². The first-order valence-corrected chi connectivity index (χ1v) is 7.29. The number of hydrogen-bond acceptors (Lipinski definition) is 4. The van der Waals surface area contributed by atoms with Gasteiger partial charge in [0, 0.05) is 6.54 Å². The van der Waals surface area contributed by atoms with Crippen molar-refractivity contribution >= 4 is 12.0 Å². The molecule has 2 aromatic rings. The van der Waals surface area contributed by atoms with Crippen molar-refractivity contribution in [1.82, 2.24) is 5.32 Å². The van der Waals surface area contributed by atoms with Gasteiger partial charge in [-0.1, -0.05) is 18.2 Å². The Morgan fingerprint density at radius 3 is 2.50 bits per heavy atom. The van der Waals surface area contributed by atoms with Gasteiger partial charge in [0.05, 0.1) is 5.56 Å². The van der Waals surface area contributed by atoms with E-state index in [-0.39, 0.29) is 23.4 Å². The molecule has 0 atom stereocenters. The van der Waals surface area contributed by atoms with Gasteiger partial charge in [-0.2, -0.15) is 18.4 Å². The second-order valence-corrected chi connectivity index (χ2v) is 5.30. The summed E-state index contributed by atoms with van der Waals surface area (Å²) >= 11 is 0. The second kappa shape index (κ2) is 7.61. The number of halogens is 3. The summed E-state index contributed by atoms with van der Waals surface area (Å²) in [6.45, 7) is -0.192. The summed E-state index contributed by atoms with van der Waals surface area (Å²) in [5, 5.41) is 30.1. The maximum atomic E-state index is 12.7. The summed E-state index contributed by atoms with van der Waals surface area (Å²) in [6, 6.07) is 9.89. The minimum atomic E-state index is -4.49. The largest absolute Gasteiger partial charge is 0.504 e. The quantitative estimate of drug-likeness (QED) is 0.442. The zero-order valence-electron chi connectivity index (χ0n) is 13.2. The molecule has 26 heavy (non-hydrogen) atoms. The fourth-order valence-electron chi connectivity index (χ4n) is 2.08. The predicted octanol–water partition coefficient (Wildman–Crippen LogP) is 3.34. The number of amides is 1. The molecule has 0 bridgehead atoms. The minimum absolute atomic E-state index is 0.192. The molecule has 0 saturated heterocycles. The fourth-order valence-corrected chi connectivity index (χ4v) is 2.08. The van der Waals surface area contributed by atoms with E-state index >= 15 is 0 Å². The van der Waals surface area contributed by atoms with Crippen molar-refractivity contribution in [2.24, 2.45) is 0 Å². The molecule has 2 rings (SSSR count). The Balaban J connectivity index is 2.11. The molecule has 8 heteroatoms. The van der Waals surface area contributed by atoms with Gasteiger partial charge in [-0.3, -0.25) is 4.79 Å². The van der Waals surface area contributed by atoms with Crippen LogP contribution in [0.15, 0.2) is 48.0 Å². The summed E-state index contributed by atoms with van der Waals surface area (Å²) in [7, 11) is 0. The van der Waals surface area contributed by atoms with Crippen molar-refractivity contribution < 1.29 is 28.2 Å². The maximum Gasteiger partial charge on any atom is 0.416 e. The summed E-state index contributed by atoms with van der Waals surface area (Å²) < 4.78 is 38.0. The molecule has 5 nitrogen and oxygen atoms in total. The summed E-state index contributed by atoms with van der Waals surface area (Å²) in [6.07, 6.45) is -3.31. The van der Waals surface area contributed by atoms with E-state index in [1.807, 2.05) is 0 Å². The van der Waals surface area contributed by atoms with Gasteiger partial charge in [-0.25, -0.2) is 0 Å². The highest BCUT2D eigenvalue weighted by Gasteiger charge is 2.30. The van der Waals surface area contributed by atoms with Gasteiger partial charge in [0.2, 0.25) is 0 Å². The molecule has 0 spiro atoms. The van der Waals surface area contributed by atoms with Crippen molar-refractivity contribution in [3.05, 3.63) is 64.7 Å². The number of rotatable bonds is 4. The summed E-state index contributed by atoms with van der Waals surface area (Å²) in [4.78, 5) is 12.0. The molecule has 0 aliphatic heterocycles. The van der Waals surface area contributed by atoms with E-state index in [1.54, 1.807) is 6.07 Å². The van der Waals surface area contributed by atoms with Gasteiger partial charge in [0.1, 0.15) is 11.6 Å². The summed E-state index contributed by atoms with van der Waals surface area (Å²) in [5.74, 6) is -1.55. The van der Waals surface area contributed by atoms with Crippen molar-refractivity contribution in [2.75, 3.05) is 0 Å². The number of nitrogens with zero attached hydrogens (tertiary/aromatic N) is 1. The number of phenols is 2. The lowest BCUT2D eigenvalue weighted by Gasteiger charge is -2.09. The zero-order valence-corrected chi connectivity index (χ0v) is 13.2. The molecule has 0 unspecified atom stereocenters. The first-order valence-electron chi connectivity index (χ1n) is 7.29. The number of carbonyl (C=O) groups excluding carboxylic acids is 1. The van der Waals surface area contributed by atoms with E-state index in [0.717, 1.165) is 18.2 Å². The van der Waals surface area contributed by atoms with Crippen LogP contribution >= 0.6 is 0 Å². The van der Waals surface area contributed by atoms with E-state index in [2.05, 4.69) is 5.32 Å². The first kappa shape index (κ1) is 18.9. The monoisotopic (exact) mass is 362 g/mol. The molecule has 0 aromatic heterocycles. The van der Waals surface area contributed by atoms with Gasteiger partial charge >= 0.3 is 6.18 Å². The first-order chi connectivity index (χ1) is 12.2. The Labute approximate surface area is 146 Å². The second-order valence-electron chi connectivity index (χ2n) is 5.30. The van der Waals surface area contributed by atoms with E-state index < -0.39 is 23.4 Å². The lowest BCUT2D eigenvalue weighted by Crippen LogP contribution is -2.24. The predicted molar refractivity (Wildman–Crippen MR) is 86.7 cm³/mol. The van der Waals surface area contributed by atoms with Crippen LogP contribution in [0.2, 0.25) is 0 Å². The molecular formula is C18H13F3N2O3. The SMILES string of the molecule is N#C/C(=C\c1ccc(O)c(O)c1)C(=O)NCc1cccc(C(F)(F)F)c1. The molecule has 3 N–H and O–H groups in total.